The molecule has 4 N–H and O–H groups in total. The van der Waals surface area contributed by atoms with Gasteiger partial charge in [-0.3, -0.25) is 14.4 Å². The Morgan fingerprint density at radius 1 is 1.10 bits per heavy atom. The molecule has 2 heterocycles. The van der Waals surface area contributed by atoms with Crippen LogP contribution in [0, 0.1) is 5.92 Å². The molecule has 0 aromatic heterocycles. The fraction of sp³-hybridized carbons (Fsp3) is 0.586. The van der Waals surface area contributed by atoms with E-state index in [-0.39, 0.29) is 6.42 Å². The first-order valence-electron chi connectivity index (χ1n) is 14.4. The highest BCUT2D eigenvalue weighted by Gasteiger charge is 2.61. The number of nitrogens with zero attached hydrogens (tertiary/aromatic N) is 1. The first kappa shape index (κ1) is 31.3. The third-order valence-electron chi connectivity index (χ3n) is 7.71. The van der Waals surface area contributed by atoms with Crippen molar-refractivity contribution in [2.75, 3.05) is 6.54 Å². The van der Waals surface area contributed by atoms with Crippen LogP contribution in [0.3, 0.4) is 0 Å². The number of carbonyl (C=O) groups excluding carboxylic acids is 4. The van der Waals surface area contributed by atoms with Crippen molar-refractivity contribution in [3.8, 4) is 5.75 Å². The second kappa shape index (κ2) is 12.3. The summed E-state index contributed by atoms with van der Waals surface area (Å²) in [6.45, 7) is 5.48. The maximum atomic E-state index is 13.7. The quantitative estimate of drug-likeness (QED) is 0.380. The summed E-state index contributed by atoms with van der Waals surface area (Å²) in [6.07, 6.45) is 7.42. The van der Waals surface area contributed by atoms with E-state index in [1.165, 1.54) is 29.2 Å². The summed E-state index contributed by atoms with van der Waals surface area (Å²) < 4.78 is 33.3. The summed E-state index contributed by atoms with van der Waals surface area (Å²) in [5.74, 6) is -2.85. The average Bonchev–Trinajstić information content (AvgIpc) is 3.35. The van der Waals surface area contributed by atoms with Gasteiger partial charge in [0, 0.05) is 12.5 Å². The Morgan fingerprint density at radius 2 is 1.83 bits per heavy atom. The van der Waals surface area contributed by atoms with E-state index in [1.807, 2.05) is 16.9 Å². The molecule has 0 unspecified atom stereocenters. The van der Waals surface area contributed by atoms with E-state index in [0.717, 1.165) is 12.8 Å². The molecule has 1 aromatic rings. The molecular formula is C29H40N4O8S. The Kier molecular flexibility index (Phi) is 9.19. The van der Waals surface area contributed by atoms with Crippen molar-refractivity contribution in [2.45, 2.75) is 100 Å². The van der Waals surface area contributed by atoms with E-state index in [9.17, 15) is 32.7 Å². The molecule has 2 aliphatic heterocycles. The molecule has 4 rings (SSSR count). The monoisotopic (exact) mass is 604 g/mol. The van der Waals surface area contributed by atoms with Crippen molar-refractivity contribution >= 4 is 33.8 Å². The maximum Gasteiger partial charge on any atom is 0.408 e. The average molecular weight is 605 g/mol. The normalized spacial score (nSPS) is 27.8. The molecule has 2 fully saturated rings. The second-order valence-electron chi connectivity index (χ2n) is 12.1. The minimum atomic E-state index is -4.43. The molecule has 230 valence electrons. The standard InChI is InChI=1S/C29H40N4O8S/c1-28(2,3)41-27(38)30-20-13-8-6-4-5-7-12-19-18-29(19,31-24(35)21-14-11-17-33(21)25(20)36)26(37)32-42(39,40)23-16-10-9-15-22(23)34/h7,9-10,12,15-16,19-21,34H,4-6,8,11,13-14,17-18H2,1-3H3,(H,30,38)(H,31,35)(H,32,37)/b12-7-/t19-,20+,21+,29-/m1/s1. The van der Waals surface area contributed by atoms with Crippen LogP contribution in [0.4, 0.5) is 4.79 Å². The minimum Gasteiger partial charge on any atom is -0.507 e. The third-order valence-corrected chi connectivity index (χ3v) is 9.09. The summed E-state index contributed by atoms with van der Waals surface area (Å²) in [6, 6.07) is 3.47. The molecule has 4 atom stereocenters. The Hall–Kier alpha value is -3.61. The number of benzene rings is 1. The molecule has 1 aromatic carbocycles. The predicted octanol–water partition coefficient (Wildman–Crippen LogP) is 2.48. The number of phenolic OH excluding ortho intramolecular Hbond substituents is 1. The zero-order valence-electron chi connectivity index (χ0n) is 24.2. The number of hydrogen-bond donors (Lipinski definition) is 4. The van der Waals surface area contributed by atoms with Crippen molar-refractivity contribution in [3.05, 3.63) is 36.4 Å². The topological polar surface area (TPSA) is 171 Å². The molecule has 3 aliphatic rings. The number of aromatic hydroxyl groups is 1. The van der Waals surface area contributed by atoms with Crippen LogP contribution in [-0.4, -0.2) is 72.0 Å². The number of nitrogens with one attached hydrogen (secondary N) is 3. The largest absolute Gasteiger partial charge is 0.507 e. The fourth-order valence-corrected chi connectivity index (χ4v) is 6.63. The van der Waals surface area contributed by atoms with Crippen molar-refractivity contribution < 1.29 is 37.4 Å². The third kappa shape index (κ3) is 7.23. The van der Waals surface area contributed by atoms with Crippen molar-refractivity contribution in [2.24, 2.45) is 5.92 Å². The van der Waals surface area contributed by atoms with Gasteiger partial charge in [0.2, 0.25) is 11.8 Å². The number of ether oxygens (including phenoxy) is 1. The van der Waals surface area contributed by atoms with Crippen LogP contribution in [0.25, 0.3) is 0 Å². The molecule has 0 spiro atoms. The molecule has 13 heteroatoms. The van der Waals surface area contributed by atoms with Gasteiger partial charge in [-0.25, -0.2) is 17.9 Å². The number of alkyl carbamates (subject to hydrolysis) is 1. The maximum absolute atomic E-state index is 13.7. The number of hydrogen-bond acceptors (Lipinski definition) is 8. The van der Waals surface area contributed by atoms with E-state index in [2.05, 4.69) is 10.6 Å². The van der Waals surface area contributed by atoms with Crippen LogP contribution >= 0.6 is 0 Å². The number of phenols is 1. The lowest BCUT2D eigenvalue weighted by molar-refractivity contribution is -0.141. The van der Waals surface area contributed by atoms with E-state index in [0.29, 0.717) is 38.6 Å². The highest BCUT2D eigenvalue weighted by atomic mass is 32.2. The minimum absolute atomic E-state index is 0.181. The summed E-state index contributed by atoms with van der Waals surface area (Å²) in [5, 5.41) is 15.5. The SMILES string of the molecule is CC(C)(C)OC(=O)N[C@H]1CCCCC/C=C\[C@@H]2C[C@@]2(C(=O)NS(=O)(=O)c2ccccc2O)NC(=O)[C@@H]2CCCN2C1=O. The van der Waals surface area contributed by atoms with Crippen molar-refractivity contribution in [1.29, 1.82) is 0 Å². The highest BCUT2D eigenvalue weighted by molar-refractivity contribution is 7.90. The molecule has 1 saturated carbocycles. The van der Waals surface area contributed by atoms with E-state index in [4.69, 9.17) is 4.74 Å². The highest BCUT2D eigenvalue weighted by Crippen LogP contribution is 2.46. The van der Waals surface area contributed by atoms with E-state index >= 15 is 0 Å². The molecule has 12 nitrogen and oxygen atoms in total. The Bertz CT molecular complexity index is 1360. The van der Waals surface area contributed by atoms with E-state index < -0.39 is 73.6 Å². The van der Waals surface area contributed by atoms with Crippen LogP contribution in [0.5, 0.6) is 5.75 Å². The molecular weight excluding hydrogens is 564 g/mol. The lowest BCUT2D eigenvalue weighted by atomic mass is 10.0. The predicted molar refractivity (Wildman–Crippen MR) is 153 cm³/mol. The first-order chi connectivity index (χ1) is 19.7. The van der Waals surface area contributed by atoms with Gasteiger partial charge in [0.15, 0.2) is 0 Å². The molecule has 0 bridgehead atoms. The van der Waals surface area contributed by atoms with Crippen LogP contribution < -0.4 is 15.4 Å². The smallest absolute Gasteiger partial charge is 0.408 e. The Morgan fingerprint density at radius 3 is 2.55 bits per heavy atom. The number of sulfonamides is 1. The van der Waals surface area contributed by atoms with Gasteiger partial charge >= 0.3 is 6.09 Å². The fourth-order valence-electron chi connectivity index (χ4n) is 5.50. The van der Waals surface area contributed by atoms with Crippen LogP contribution in [-0.2, 0) is 29.1 Å². The van der Waals surface area contributed by atoms with Gasteiger partial charge in [0.25, 0.3) is 15.9 Å². The summed E-state index contributed by atoms with van der Waals surface area (Å²) in [7, 11) is -4.43. The van der Waals surface area contributed by atoms with Crippen LogP contribution in [0.15, 0.2) is 41.3 Å². The number of allylic oxidation sites excluding steroid dienone is 1. The van der Waals surface area contributed by atoms with Gasteiger partial charge in [0.05, 0.1) is 0 Å². The second-order valence-corrected chi connectivity index (χ2v) is 13.8. The number of para-hydroxylation sites is 1. The van der Waals surface area contributed by atoms with Gasteiger partial charge < -0.3 is 25.4 Å². The summed E-state index contributed by atoms with van der Waals surface area (Å²) in [5.41, 5.74) is -2.28. The van der Waals surface area contributed by atoms with Gasteiger partial charge in [-0.05, 0) is 71.4 Å². The lowest BCUT2D eigenvalue weighted by Crippen LogP contribution is -2.58. The van der Waals surface area contributed by atoms with Crippen molar-refractivity contribution in [1.82, 2.24) is 20.3 Å². The molecule has 4 amide bonds. The van der Waals surface area contributed by atoms with Gasteiger partial charge in [-0.15, -0.1) is 0 Å². The zero-order chi connectivity index (χ0) is 30.7. The van der Waals surface area contributed by atoms with Gasteiger partial charge in [-0.1, -0.05) is 37.1 Å². The molecule has 42 heavy (non-hydrogen) atoms. The van der Waals surface area contributed by atoms with Crippen LogP contribution in [0.2, 0.25) is 0 Å². The van der Waals surface area contributed by atoms with Gasteiger partial charge in [0.1, 0.15) is 33.9 Å². The number of amides is 4. The zero-order valence-corrected chi connectivity index (χ0v) is 25.0. The number of rotatable bonds is 4. The molecule has 0 radical (unpaired) electrons. The molecule has 1 aliphatic carbocycles. The molecule has 1 saturated heterocycles. The number of fused-ring (bicyclic) bond motifs is 2. The first-order valence-corrected chi connectivity index (χ1v) is 15.9. The summed E-state index contributed by atoms with van der Waals surface area (Å²) >= 11 is 0. The van der Waals surface area contributed by atoms with Crippen molar-refractivity contribution in [3.63, 3.8) is 0 Å². The van der Waals surface area contributed by atoms with Crippen LogP contribution in [0.1, 0.15) is 72.1 Å². The van der Waals surface area contributed by atoms with E-state index in [1.54, 1.807) is 20.8 Å². The summed E-state index contributed by atoms with van der Waals surface area (Å²) in [4.78, 5) is 54.3. The Labute approximate surface area is 246 Å². The lowest BCUT2D eigenvalue weighted by Gasteiger charge is -2.30. The van der Waals surface area contributed by atoms with Gasteiger partial charge in [-0.2, -0.15) is 0 Å². The Balaban J connectivity index is 1.57. The number of carbonyl (C=O) groups is 4.